The van der Waals surface area contributed by atoms with E-state index in [9.17, 15) is 17.6 Å². The number of hydrogen-bond acceptors (Lipinski definition) is 1. The summed E-state index contributed by atoms with van der Waals surface area (Å²) in [7, 11) is 0. The van der Waals surface area contributed by atoms with E-state index < -0.39 is 23.1 Å². The van der Waals surface area contributed by atoms with E-state index in [1.165, 1.54) is 0 Å². The predicted octanol–water partition coefficient (Wildman–Crippen LogP) is 3.18. The van der Waals surface area contributed by atoms with Gasteiger partial charge in [0, 0.05) is 5.54 Å². The van der Waals surface area contributed by atoms with Gasteiger partial charge in [-0.2, -0.15) is 13.2 Å². The van der Waals surface area contributed by atoms with Crippen LogP contribution in [0, 0.1) is 5.82 Å². The minimum absolute atomic E-state index is 0.242. The first-order valence-corrected chi connectivity index (χ1v) is 4.98. The van der Waals surface area contributed by atoms with Gasteiger partial charge in [-0.25, -0.2) is 4.39 Å². The van der Waals surface area contributed by atoms with E-state index in [0.29, 0.717) is 18.9 Å². The smallest absolute Gasteiger partial charge is 0.321 e. The molecule has 0 unspecified atom stereocenters. The normalized spacial score (nSPS) is 19.3. The number of halogens is 4. The third kappa shape index (κ3) is 1.91. The van der Waals surface area contributed by atoms with Crippen molar-refractivity contribution >= 4 is 0 Å². The lowest BCUT2D eigenvalue weighted by Crippen LogP contribution is -2.43. The van der Waals surface area contributed by atoms with Crippen LogP contribution in [0.3, 0.4) is 0 Å². The maximum absolute atomic E-state index is 13.1. The molecule has 0 aromatic heterocycles. The average molecular weight is 233 g/mol. The van der Waals surface area contributed by atoms with E-state index in [0.717, 1.165) is 18.6 Å². The molecule has 88 valence electrons. The predicted molar refractivity (Wildman–Crippen MR) is 51.1 cm³/mol. The summed E-state index contributed by atoms with van der Waals surface area (Å²) in [5.41, 5.74) is 4.36. The fourth-order valence-corrected chi connectivity index (χ4v) is 1.89. The number of rotatable bonds is 1. The van der Waals surface area contributed by atoms with Crippen LogP contribution in [0.4, 0.5) is 17.6 Å². The van der Waals surface area contributed by atoms with E-state index in [-0.39, 0.29) is 5.56 Å². The quantitative estimate of drug-likeness (QED) is 0.741. The highest BCUT2D eigenvalue weighted by atomic mass is 19.4. The van der Waals surface area contributed by atoms with Crippen molar-refractivity contribution in [3.05, 3.63) is 35.1 Å². The summed E-state index contributed by atoms with van der Waals surface area (Å²) in [6.45, 7) is 0. The molecule has 0 atom stereocenters. The largest absolute Gasteiger partial charge is 0.416 e. The average Bonchev–Trinajstić information content (AvgIpc) is 2.11. The molecule has 1 aliphatic rings. The van der Waals surface area contributed by atoms with Gasteiger partial charge in [-0.1, -0.05) is 0 Å². The molecule has 1 aliphatic carbocycles. The highest BCUT2D eigenvalue weighted by Gasteiger charge is 2.38. The molecule has 1 aromatic carbocycles. The fourth-order valence-electron chi connectivity index (χ4n) is 1.89. The first-order chi connectivity index (χ1) is 7.31. The van der Waals surface area contributed by atoms with Gasteiger partial charge in [0.25, 0.3) is 0 Å². The molecule has 0 heterocycles. The summed E-state index contributed by atoms with van der Waals surface area (Å²) in [6, 6.07) is 2.53. The Kier molecular flexibility index (Phi) is 2.45. The lowest BCUT2D eigenvalue weighted by atomic mass is 9.72. The van der Waals surface area contributed by atoms with Gasteiger partial charge in [-0.05, 0) is 43.0 Å². The van der Waals surface area contributed by atoms with Crippen LogP contribution in [0.1, 0.15) is 30.4 Å². The Bertz CT molecular complexity index is 407. The Morgan fingerprint density at radius 2 is 1.75 bits per heavy atom. The maximum atomic E-state index is 13.1. The molecular formula is C11H11F4N. The summed E-state index contributed by atoms with van der Waals surface area (Å²) in [5.74, 6) is -0.887. The Morgan fingerprint density at radius 3 is 2.19 bits per heavy atom. The highest BCUT2D eigenvalue weighted by molar-refractivity contribution is 5.33. The first-order valence-electron chi connectivity index (χ1n) is 4.98. The van der Waals surface area contributed by atoms with Gasteiger partial charge < -0.3 is 5.73 Å². The zero-order chi connectivity index (χ0) is 12.0. The molecular weight excluding hydrogens is 222 g/mol. The van der Waals surface area contributed by atoms with Gasteiger partial charge in [-0.15, -0.1) is 0 Å². The summed E-state index contributed by atoms with van der Waals surface area (Å²) in [5, 5.41) is 0. The van der Waals surface area contributed by atoms with Crippen LogP contribution in [0.25, 0.3) is 0 Å². The van der Waals surface area contributed by atoms with Gasteiger partial charge in [0.15, 0.2) is 0 Å². The van der Waals surface area contributed by atoms with E-state index in [2.05, 4.69) is 0 Å². The molecule has 1 nitrogen and oxygen atoms in total. The standard InChI is InChI=1S/C11H11F4N/c12-9-5-7(10(16)2-1-3-10)4-8(6-9)11(13,14)15/h4-6H,1-3,16H2. The lowest BCUT2D eigenvalue weighted by Gasteiger charge is -2.38. The molecule has 5 heteroatoms. The monoisotopic (exact) mass is 233 g/mol. The van der Waals surface area contributed by atoms with E-state index >= 15 is 0 Å². The van der Waals surface area contributed by atoms with E-state index in [4.69, 9.17) is 5.73 Å². The van der Waals surface area contributed by atoms with Crippen molar-refractivity contribution in [3.63, 3.8) is 0 Å². The van der Waals surface area contributed by atoms with Crippen molar-refractivity contribution in [2.45, 2.75) is 31.0 Å². The molecule has 2 N–H and O–H groups in total. The number of nitrogens with two attached hydrogens (primary N) is 1. The van der Waals surface area contributed by atoms with Gasteiger partial charge in [0.1, 0.15) is 5.82 Å². The topological polar surface area (TPSA) is 26.0 Å². The molecule has 0 spiro atoms. The minimum Gasteiger partial charge on any atom is -0.321 e. The Hall–Kier alpha value is -1.10. The molecule has 1 saturated carbocycles. The van der Waals surface area contributed by atoms with Crippen LogP contribution in [0.5, 0.6) is 0 Å². The molecule has 0 bridgehead atoms. The molecule has 0 aliphatic heterocycles. The van der Waals surface area contributed by atoms with Crippen molar-refractivity contribution in [2.24, 2.45) is 5.73 Å². The van der Waals surface area contributed by atoms with Crippen LogP contribution in [0.15, 0.2) is 18.2 Å². The Balaban J connectivity index is 2.44. The zero-order valence-corrected chi connectivity index (χ0v) is 8.44. The molecule has 2 rings (SSSR count). The molecule has 1 aromatic rings. The summed E-state index contributed by atoms with van der Waals surface area (Å²) < 4.78 is 50.4. The fraction of sp³-hybridized carbons (Fsp3) is 0.455. The molecule has 0 saturated heterocycles. The van der Waals surface area contributed by atoms with Crippen LogP contribution < -0.4 is 5.73 Å². The zero-order valence-electron chi connectivity index (χ0n) is 8.44. The molecule has 0 radical (unpaired) electrons. The number of alkyl halides is 3. The SMILES string of the molecule is NC1(c2cc(F)cc(C(F)(F)F)c2)CCC1. The van der Waals surface area contributed by atoms with Crippen LogP contribution in [0.2, 0.25) is 0 Å². The van der Waals surface area contributed by atoms with Crippen LogP contribution in [-0.2, 0) is 11.7 Å². The molecule has 0 amide bonds. The van der Waals surface area contributed by atoms with E-state index in [1.807, 2.05) is 0 Å². The second-order valence-electron chi connectivity index (χ2n) is 4.24. The number of hydrogen-bond donors (Lipinski definition) is 1. The molecule has 1 fully saturated rings. The van der Waals surface area contributed by atoms with Crippen LogP contribution >= 0.6 is 0 Å². The molecule has 16 heavy (non-hydrogen) atoms. The third-order valence-electron chi connectivity index (χ3n) is 3.05. The van der Waals surface area contributed by atoms with Gasteiger partial charge >= 0.3 is 6.18 Å². The summed E-state index contributed by atoms with van der Waals surface area (Å²) in [4.78, 5) is 0. The van der Waals surface area contributed by atoms with Crippen molar-refractivity contribution in [3.8, 4) is 0 Å². The van der Waals surface area contributed by atoms with Crippen molar-refractivity contribution in [1.29, 1.82) is 0 Å². The van der Waals surface area contributed by atoms with E-state index in [1.54, 1.807) is 0 Å². The Labute approximate surface area is 90.3 Å². The summed E-state index contributed by atoms with van der Waals surface area (Å²) >= 11 is 0. The lowest BCUT2D eigenvalue weighted by molar-refractivity contribution is -0.137. The summed E-state index contributed by atoms with van der Waals surface area (Å²) in [6.07, 6.45) is -2.45. The van der Waals surface area contributed by atoms with Crippen molar-refractivity contribution in [1.82, 2.24) is 0 Å². The Morgan fingerprint density at radius 1 is 1.12 bits per heavy atom. The van der Waals surface area contributed by atoms with Crippen LogP contribution in [-0.4, -0.2) is 0 Å². The second-order valence-corrected chi connectivity index (χ2v) is 4.24. The second kappa shape index (κ2) is 3.45. The van der Waals surface area contributed by atoms with Crippen molar-refractivity contribution < 1.29 is 17.6 Å². The number of benzene rings is 1. The first kappa shape index (κ1) is 11.4. The van der Waals surface area contributed by atoms with Gasteiger partial charge in [0.2, 0.25) is 0 Å². The minimum atomic E-state index is -4.53. The highest BCUT2D eigenvalue weighted by Crippen LogP contribution is 2.41. The van der Waals surface area contributed by atoms with Gasteiger partial charge in [0.05, 0.1) is 5.56 Å². The maximum Gasteiger partial charge on any atom is 0.416 e. The van der Waals surface area contributed by atoms with Crippen molar-refractivity contribution in [2.75, 3.05) is 0 Å². The third-order valence-corrected chi connectivity index (χ3v) is 3.05. The van der Waals surface area contributed by atoms with Gasteiger partial charge in [-0.3, -0.25) is 0 Å².